The van der Waals surface area contributed by atoms with E-state index in [0.29, 0.717) is 0 Å². The third-order valence-electron chi connectivity index (χ3n) is 6.28. The average Bonchev–Trinajstić information content (AvgIpc) is 3.34. The molecule has 15 heteroatoms. The van der Waals surface area contributed by atoms with Gasteiger partial charge in [0.2, 0.25) is 0 Å². The molecule has 4 aromatic rings. The number of aromatic nitrogens is 4. The Morgan fingerprint density at radius 2 is 1.73 bits per heavy atom. The summed E-state index contributed by atoms with van der Waals surface area (Å²) in [7, 11) is 4.22. The molecule has 0 radical (unpaired) electrons. The van der Waals surface area contributed by atoms with Crippen LogP contribution in [0.25, 0.3) is 22.4 Å². The minimum absolute atomic E-state index is 0.00717. The number of fused-ring (bicyclic) bond motifs is 1. The maximum Gasteiger partial charge on any atom is 0.437 e. The van der Waals surface area contributed by atoms with Gasteiger partial charge in [-0.15, -0.1) is 4.68 Å². The molecule has 0 unspecified atom stereocenters. The molecule has 0 aliphatic carbocycles. The minimum Gasteiger partial charge on any atom is -0.494 e. The summed E-state index contributed by atoms with van der Waals surface area (Å²) in [4.78, 5) is 35.0. The highest BCUT2D eigenvalue weighted by Crippen LogP contribution is 2.36. The van der Waals surface area contributed by atoms with Crippen molar-refractivity contribution in [2.24, 2.45) is 0 Å². The summed E-state index contributed by atoms with van der Waals surface area (Å²) < 4.78 is 66.9. The predicted molar refractivity (Wildman–Crippen MR) is 155 cm³/mol. The number of benzene rings is 2. The van der Waals surface area contributed by atoms with Crippen LogP contribution in [0.15, 0.2) is 36.4 Å². The van der Waals surface area contributed by atoms with Crippen LogP contribution in [-0.4, -0.2) is 64.7 Å². The van der Waals surface area contributed by atoms with Gasteiger partial charge in [-0.05, 0) is 50.1 Å². The second-order valence-corrected chi connectivity index (χ2v) is 10.6. The highest BCUT2D eigenvalue weighted by atomic mass is 19.4. The van der Waals surface area contributed by atoms with Gasteiger partial charge in [-0.3, -0.25) is 4.79 Å². The van der Waals surface area contributed by atoms with Crippen molar-refractivity contribution in [1.82, 2.24) is 25.1 Å². The van der Waals surface area contributed by atoms with Gasteiger partial charge >= 0.3 is 12.3 Å². The first-order valence-corrected chi connectivity index (χ1v) is 13.3. The molecule has 0 spiro atoms. The van der Waals surface area contributed by atoms with Crippen LogP contribution in [0.4, 0.5) is 33.9 Å². The summed E-state index contributed by atoms with van der Waals surface area (Å²) in [6.07, 6.45) is -7.14. The quantitative estimate of drug-likeness (QED) is 0.218. The van der Waals surface area contributed by atoms with E-state index in [2.05, 4.69) is 31.0 Å². The Balaban J connectivity index is 2.03. The largest absolute Gasteiger partial charge is 0.494 e. The highest BCUT2D eigenvalue weighted by molar-refractivity contribution is 6.09. The molecular formula is C29H31F4N7O4. The van der Waals surface area contributed by atoms with Gasteiger partial charge in [0.1, 0.15) is 11.4 Å². The van der Waals surface area contributed by atoms with Crippen LogP contribution in [0.1, 0.15) is 42.4 Å². The molecule has 0 fully saturated rings. The van der Waals surface area contributed by atoms with Gasteiger partial charge < -0.3 is 25.4 Å². The van der Waals surface area contributed by atoms with Crippen molar-refractivity contribution in [2.75, 3.05) is 31.8 Å². The first-order valence-electron chi connectivity index (χ1n) is 13.3. The molecule has 11 nitrogen and oxygen atoms in total. The molecule has 0 aliphatic rings. The van der Waals surface area contributed by atoms with Gasteiger partial charge in [-0.1, -0.05) is 18.2 Å². The Morgan fingerprint density at radius 1 is 1.02 bits per heavy atom. The van der Waals surface area contributed by atoms with E-state index in [-0.39, 0.29) is 46.0 Å². The van der Waals surface area contributed by atoms with Crippen LogP contribution in [0.3, 0.4) is 0 Å². The molecule has 44 heavy (non-hydrogen) atoms. The predicted octanol–water partition coefficient (Wildman–Crippen LogP) is 5.54. The number of ether oxygens (including phenoxy) is 2. The number of hydrogen-bond acceptors (Lipinski definition) is 9. The number of amides is 1. The molecule has 2 aromatic heterocycles. The molecular weight excluding hydrogens is 586 g/mol. The third-order valence-corrected chi connectivity index (χ3v) is 6.28. The van der Waals surface area contributed by atoms with Crippen LogP contribution in [0.2, 0.25) is 0 Å². The van der Waals surface area contributed by atoms with Crippen molar-refractivity contribution >= 4 is 34.5 Å². The lowest BCUT2D eigenvalue weighted by Crippen LogP contribution is -2.28. The molecule has 0 atom stereocenters. The van der Waals surface area contributed by atoms with E-state index in [4.69, 9.17) is 9.47 Å². The normalized spacial score (nSPS) is 11.8. The molecule has 3 N–H and O–H groups in total. The zero-order valence-corrected chi connectivity index (χ0v) is 24.8. The van der Waals surface area contributed by atoms with Crippen molar-refractivity contribution in [2.45, 2.75) is 45.5 Å². The molecule has 234 valence electrons. The number of anilines is 2. The first kappa shape index (κ1) is 32.0. The fourth-order valence-electron chi connectivity index (χ4n) is 4.40. The Morgan fingerprint density at radius 3 is 2.34 bits per heavy atom. The molecule has 0 bridgehead atoms. The maximum absolute atomic E-state index is 14.9. The lowest BCUT2D eigenvalue weighted by Gasteiger charge is -2.19. The molecule has 2 heterocycles. The van der Waals surface area contributed by atoms with Gasteiger partial charge in [0.25, 0.3) is 5.91 Å². The van der Waals surface area contributed by atoms with Gasteiger partial charge in [-0.2, -0.15) is 18.3 Å². The van der Waals surface area contributed by atoms with Crippen molar-refractivity contribution < 1.29 is 36.6 Å². The third kappa shape index (κ3) is 6.98. The van der Waals surface area contributed by atoms with Crippen molar-refractivity contribution in [3.05, 3.63) is 59.0 Å². The van der Waals surface area contributed by atoms with Crippen LogP contribution >= 0.6 is 0 Å². The summed E-state index contributed by atoms with van der Waals surface area (Å²) in [5.41, 5.74) is -0.614. The number of carbonyl (C=O) groups is 2. The smallest absolute Gasteiger partial charge is 0.437 e. The summed E-state index contributed by atoms with van der Waals surface area (Å²) in [6, 6.07) is 9.03. The van der Waals surface area contributed by atoms with E-state index in [1.54, 1.807) is 33.9 Å². The molecule has 0 aliphatic heterocycles. The SMILES string of the molecule is CNC(=O)c1nn(C(=O)OC(C)(C)C)c2nc(-c3cc(F)c(OC)cc3CC(F)(F)F)nc(NCc3ccccc3NC)c12. The Kier molecular flexibility index (Phi) is 8.97. The van der Waals surface area contributed by atoms with Crippen LogP contribution in [-0.2, 0) is 17.7 Å². The lowest BCUT2D eigenvalue weighted by atomic mass is 10.0. The monoisotopic (exact) mass is 617 g/mol. The van der Waals surface area contributed by atoms with Crippen molar-refractivity contribution in [3.63, 3.8) is 0 Å². The summed E-state index contributed by atoms with van der Waals surface area (Å²) in [6.45, 7) is 4.98. The summed E-state index contributed by atoms with van der Waals surface area (Å²) >= 11 is 0. The van der Waals surface area contributed by atoms with Gasteiger partial charge in [0.15, 0.2) is 28.7 Å². The fraction of sp³-hybridized carbons (Fsp3) is 0.345. The number of nitrogens with one attached hydrogen (secondary N) is 3. The molecule has 1 amide bonds. The van der Waals surface area contributed by atoms with E-state index < -0.39 is 41.8 Å². The number of rotatable bonds is 8. The summed E-state index contributed by atoms with van der Waals surface area (Å²) in [5.74, 6) is -2.46. The Labute approximate surface area is 250 Å². The van der Waals surface area contributed by atoms with Crippen LogP contribution in [0.5, 0.6) is 5.75 Å². The van der Waals surface area contributed by atoms with Crippen LogP contribution < -0.4 is 20.7 Å². The molecule has 2 aromatic carbocycles. The van der Waals surface area contributed by atoms with E-state index >= 15 is 0 Å². The van der Waals surface area contributed by atoms with Gasteiger partial charge in [0, 0.05) is 31.9 Å². The number of para-hydroxylation sites is 1. The average molecular weight is 618 g/mol. The summed E-state index contributed by atoms with van der Waals surface area (Å²) in [5, 5.41) is 12.7. The number of carbonyl (C=O) groups excluding carboxylic acids is 2. The minimum atomic E-state index is -4.68. The molecule has 0 saturated heterocycles. The van der Waals surface area contributed by atoms with E-state index in [1.165, 1.54) is 7.05 Å². The standard InChI is InChI=1S/C29H31F4N7O4/c1-28(2,3)44-27(42)40-25-21(22(39-40)26(41)35-5)24(36-14-15-9-7-8-10-19(15)34-4)37-23(38-25)17-12-18(30)20(43-6)11-16(17)13-29(31,32)33/h7-12,34H,13-14H2,1-6H3,(H,35,41)(H,36,37,38). The van der Waals surface area contributed by atoms with E-state index in [1.807, 2.05) is 18.2 Å². The molecule has 4 rings (SSSR count). The number of hydrogen-bond donors (Lipinski definition) is 3. The zero-order valence-electron chi connectivity index (χ0n) is 24.8. The Hall–Kier alpha value is -4.95. The lowest BCUT2D eigenvalue weighted by molar-refractivity contribution is -0.127. The van der Waals surface area contributed by atoms with E-state index in [9.17, 15) is 27.2 Å². The zero-order chi connectivity index (χ0) is 32.4. The van der Waals surface area contributed by atoms with Crippen molar-refractivity contribution in [3.8, 4) is 17.1 Å². The second-order valence-electron chi connectivity index (χ2n) is 10.6. The number of nitrogens with zero attached hydrogens (tertiary/aromatic N) is 4. The number of halogens is 4. The number of alkyl halides is 3. The van der Waals surface area contributed by atoms with Crippen LogP contribution in [0, 0.1) is 5.82 Å². The number of methoxy groups -OCH3 is 1. The second kappa shape index (κ2) is 12.3. The Bertz CT molecular complexity index is 1710. The van der Waals surface area contributed by atoms with Crippen molar-refractivity contribution in [1.29, 1.82) is 0 Å². The van der Waals surface area contributed by atoms with Gasteiger partial charge in [-0.25, -0.2) is 19.2 Å². The molecule has 0 saturated carbocycles. The maximum atomic E-state index is 14.9. The van der Waals surface area contributed by atoms with E-state index in [0.717, 1.165) is 35.2 Å². The van der Waals surface area contributed by atoms with Gasteiger partial charge in [0.05, 0.1) is 18.9 Å². The first-order chi connectivity index (χ1) is 20.7. The fourth-order valence-corrected chi connectivity index (χ4v) is 4.40. The highest BCUT2D eigenvalue weighted by Gasteiger charge is 2.32. The topological polar surface area (TPSA) is 132 Å².